The highest BCUT2D eigenvalue weighted by Gasteiger charge is 2.26. The molecule has 7 nitrogen and oxygen atoms in total. The summed E-state index contributed by atoms with van der Waals surface area (Å²) in [7, 11) is 0.0368. The van der Waals surface area contributed by atoms with Gasteiger partial charge >= 0.3 is 0 Å². The second-order valence-corrected chi connectivity index (χ2v) is 11.4. The summed E-state index contributed by atoms with van der Waals surface area (Å²) in [6.07, 6.45) is 1.40. The third-order valence-corrected chi connectivity index (χ3v) is 8.27. The lowest BCUT2D eigenvalue weighted by Crippen LogP contribution is -2.36. The predicted octanol–water partition coefficient (Wildman–Crippen LogP) is 5.02. The molecule has 1 heterocycles. The Hall–Kier alpha value is -2.18. The Morgan fingerprint density at radius 3 is 2.14 bits per heavy atom. The van der Waals surface area contributed by atoms with E-state index in [2.05, 4.69) is 4.98 Å². The van der Waals surface area contributed by atoms with Gasteiger partial charge in [-0.25, -0.2) is 22.2 Å². The number of fused-ring (bicyclic) bond motifs is 1. The summed E-state index contributed by atoms with van der Waals surface area (Å²) in [5.74, 6) is -1.91. The molecule has 2 aromatic carbocycles. The molecule has 0 N–H and O–H groups in total. The number of hydrogen-bond acceptors (Lipinski definition) is 6. The van der Waals surface area contributed by atoms with Gasteiger partial charge in [0, 0.05) is 37.8 Å². The van der Waals surface area contributed by atoms with Crippen LogP contribution in [0.2, 0.25) is 0 Å². The van der Waals surface area contributed by atoms with Crippen LogP contribution >= 0.6 is 23.7 Å². The number of benzene rings is 2. The van der Waals surface area contributed by atoms with Crippen LogP contribution in [0.25, 0.3) is 10.2 Å². The summed E-state index contributed by atoms with van der Waals surface area (Å²) >= 11 is 1.02. The summed E-state index contributed by atoms with van der Waals surface area (Å²) in [5, 5.41) is 0.241. The molecule has 0 saturated carbocycles. The van der Waals surface area contributed by atoms with E-state index in [0.29, 0.717) is 37.2 Å². The van der Waals surface area contributed by atoms with Crippen molar-refractivity contribution in [3.63, 3.8) is 0 Å². The molecular formula is C24H31ClF2N4O3S2. The van der Waals surface area contributed by atoms with Crippen LogP contribution in [-0.4, -0.2) is 68.8 Å². The maximum absolute atomic E-state index is 14.2. The highest BCUT2D eigenvalue weighted by atomic mass is 35.5. The first-order valence-electron chi connectivity index (χ1n) is 11.4. The van der Waals surface area contributed by atoms with Gasteiger partial charge in [0.05, 0.1) is 9.60 Å². The number of thiazole rings is 1. The predicted molar refractivity (Wildman–Crippen MR) is 143 cm³/mol. The fourth-order valence-electron chi connectivity index (χ4n) is 3.57. The third-order valence-electron chi connectivity index (χ3n) is 5.33. The molecule has 0 spiro atoms. The lowest BCUT2D eigenvalue weighted by molar-refractivity contribution is 0.0985. The van der Waals surface area contributed by atoms with Gasteiger partial charge in [0.25, 0.3) is 5.91 Å². The van der Waals surface area contributed by atoms with E-state index in [0.717, 1.165) is 17.4 Å². The maximum atomic E-state index is 14.2. The van der Waals surface area contributed by atoms with Crippen LogP contribution in [0, 0.1) is 11.6 Å². The standard InChI is InChI=1S/C24H30F2N4O3S2.ClH/c1-5-11-29(12-6-2)35(32,33)19-9-7-17(8-10-19)23(31)30(14-13-28(3)4)24-27-22-20(26)15-18(25)16-21(22)34-24;/h7-10,15-16H,5-6,11-14H2,1-4H3;1H. The second-order valence-electron chi connectivity index (χ2n) is 8.42. The van der Waals surface area contributed by atoms with Gasteiger partial charge in [-0.3, -0.25) is 9.69 Å². The quantitative estimate of drug-likeness (QED) is 0.329. The van der Waals surface area contributed by atoms with Crippen LogP contribution in [-0.2, 0) is 10.0 Å². The number of aromatic nitrogens is 1. The van der Waals surface area contributed by atoms with Crippen LogP contribution in [0.3, 0.4) is 0 Å². The van der Waals surface area contributed by atoms with Crippen LogP contribution in [0.4, 0.5) is 13.9 Å². The number of halogens is 3. The number of carbonyl (C=O) groups is 1. The summed E-state index contributed by atoms with van der Waals surface area (Å²) in [5.41, 5.74) is 0.272. The number of sulfonamides is 1. The van der Waals surface area contributed by atoms with E-state index in [1.807, 2.05) is 32.8 Å². The van der Waals surface area contributed by atoms with E-state index in [1.165, 1.54) is 39.5 Å². The highest BCUT2D eigenvalue weighted by Crippen LogP contribution is 2.32. The molecule has 12 heteroatoms. The third kappa shape index (κ3) is 6.77. The average molecular weight is 561 g/mol. The van der Waals surface area contributed by atoms with Gasteiger partial charge in [0.2, 0.25) is 10.0 Å². The Balaban J connectivity index is 0.00000456. The first-order chi connectivity index (χ1) is 16.6. The van der Waals surface area contributed by atoms with E-state index in [9.17, 15) is 22.0 Å². The van der Waals surface area contributed by atoms with Crippen molar-refractivity contribution in [2.24, 2.45) is 0 Å². The van der Waals surface area contributed by atoms with Gasteiger partial charge in [0.15, 0.2) is 10.9 Å². The van der Waals surface area contributed by atoms with Crippen LogP contribution in [0.1, 0.15) is 37.0 Å². The molecule has 1 aromatic heterocycles. The molecule has 0 saturated heterocycles. The number of nitrogens with zero attached hydrogens (tertiary/aromatic N) is 4. The lowest BCUT2D eigenvalue weighted by atomic mass is 10.2. The zero-order chi connectivity index (χ0) is 25.8. The zero-order valence-corrected chi connectivity index (χ0v) is 23.2. The smallest absolute Gasteiger partial charge is 0.260 e. The van der Waals surface area contributed by atoms with Gasteiger partial charge in [-0.05, 0) is 57.3 Å². The molecule has 198 valence electrons. The van der Waals surface area contributed by atoms with Gasteiger partial charge in [0.1, 0.15) is 11.3 Å². The van der Waals surface area contributed by atoms with Crippen LogP contribution < -0.4 is 4.90 Å². The van der Waals surface area contributed by atoms with E-state index in [1.54, 1.807) is 0 Å². The van der Waals surface area contributed by atoms with Crippen molar-refractivity contribution in [3.05, 3.63) is 53.6 Å². The molecule has 3 rings (SSSR count). The van der Waals surface area contributed by atoms with Crippen molar-refractivity contribution in [2.75, 3.05) is 45.2 Å². The Labute approximate surface area is 221 Å². The molecule has 0 atom stereocenters. The van der Waals surface area contributed by atoms with Crippen LogP contribution in [0.15, 0.2) is 41.3 Å². The fraction of sp³-hybridized carbons (Fsp3) is 0.417. The number of rotatable bonds is 11. The van der Waals surface area contributed by atoms with Crippen molar-refractivity contribution in [3.8, 4) is 0 Å². The van der Waals surface area contributed by atoms with Gasteiger partial charge in [-0.2, -0.15) is 4.31 Å². The summed E-state index contributed by atoms with van der Waals surface area (Å²) < 4.78 is 55.7. The molecule has 0 fully saturated rings. The molecular weight excluding hydrogens is 530 g/mol. The van der Waals surface area contributed by atoms with Crippen molar-refractivity contribution < 1.29 is 22.0 Å². The number of hydrogen-bond donors (Lipinski definition) is 0. The van der Waals surface area contributed by atoms with Crippen molar-refractivity contribution in [2.45, 2.75) is 31.6 Å². The van der Waals surface area contributed by atoms with Crippen molar-refractivity contribution in [1.82, 2.24) is 14.2 Å². The average Bonchev–Trinajstić information content (AvgIpc) is 3.23. The van der Waals surface area contributed by atoms with Crippen LogP contribution in [0.5, 0.6) is 0 Å². The lowest BCUT2D eigenvalue weighted by Gasteiger charge is -2.23. The molecule has 0 bridgehead atoms. The van der Waals surface area contributed by atoms with E-state index < -0.39 is 27.6 Å². The molecule has 3 aromatic rings. The number of carbonyl (C=O) groups excluding carboxylic acids is 1. The molecule has 1 amide bonds. The number of amides is 1. The normalized spacial score (nSPS) is 11.8. The minimum absolute atomic E-state index is 0. The number of likely N-dealkylation sites (N-methyl/N-ethyl adjacent to an activating group) is 1. The first-order valence-corrected chi connectivity index (χ1v) is 13.7. The fourth-order valence-corrected chi connectivity index (χ4v) is 6.22. The largest absolute Gasteiger partial charge is 0.308 e. The van der Waals surface area contributed by atoms with Gasteiger partial charge < -0.3 is 4.90 Å². The molecule has 0 radical (unpaired) electrons. The Kier molecular flexibility index (Phi) is 10.7. The SMILES string of the molecule is CCCN(CCC)S(=O)(=O)c1ccc(C(=O)N(CCN(C)C)c2nc3c(F)cc(F)cc3s2)cc1.Cl. The highest BCUT2D eigenvalue weighted by molar-refractivity contribution is 7.89. The first kappa shape index (κ1) is 30.0. The summed E-state index contributed by atoms with van der Waals surface area (Å²) in [6.45, 7) is 5.45. The zero-order valence-electron chi connectivity index (χ0n) is 20.7. The van der Waals surface area contributed by atoms with Gasteiger partial charge in [-0.15, -0.1) is 12.4 Å². The van der Waals surface area contributed by atoms with E-state index >= 15 is 0 Å². The van der Waals surface area contributed by atoms with E-state index in [-0.39, 0.29) is 40.1 Å². The van der Waals surface area contributed by atoms with E-state index in [4.69, 9.17) is 0 Å². The monoisotopic (exact) mass is 560 g/mol. The maximum Gasteiger partial charge on any atom is 0.260 e. The molecule has 0 aliphatic carbocycles. The Morgan fingerprint density at radius 2 is 1.58 bits per heavy atom. The molecule has 0 aliphatic heterocycles. The molecule has 36 heavy (non-hydrogen) atoms. The minimum atomic E-state index is -3.67. The Bertz CT molecular complexity index is 1280. The van der Waals surface area contributed by atoms with Gasteiger partial charge in [-0.1, -0.05) is 25.2 Å². The number of anilines is 1. The summed E-state index contributed by atoms with van der Waals surface area (Å²) in [6, 6.07) is 7.75. The molecule has 0 unspecified atom stereocenters. The summed E-state index contributed by atoms with van der Waals surface area (Å²) in [4.78, 5) is 21.1. The second kappa shape index (κ2) is 12.9. The minimum Gasteiger partial charge on any atom is -0.308 e. The topological polar surface area (TPSA) is 73.8 Å². The molecule has 0 aliphatic rings. The van der Waals surface area contributed by atoms with Crippen molar-refractivity contribution >= 4 is 55.0 Å². The van der Waals surface area contributed by atoms with Crippen molar-refractivity contribution in [1.29, 1.82) is 0 Å². The Morgan fingerprint density at radius 1 is 0.972 bits per heavy atom.